The molecular formula is C71H99N21O19S2. The van der Waals surface area contributed by atoms with E-state index in [1.807, 2.05) is 0 Å². The highest BCUT2D eigenvalue weighted by Crippen LogP contribution is 2.26. The number of hydrogen-bond acceptors (Lipinski definition) is 21. The van der Waals surface area contributed by atoms with Crippen LogP contribution in [0.4, 0.5) is 0 Å². The normalized spacial score (nSPS) is 22.7. The highest BCUT2D eigenvalue weighted by atomic mass is 33.1. The fraction of sp³-hybridized carbons (Fsp3) is 0.493. The number of carbonyl (C=O) groups is 16. The van der Waals surface area contributed by atoms with Gasteiger partial charge in [-0.05, 0) is 68.2 Å². The first-order valence-electron chi connectivity index (χ1n) is 36.2. The number of carbonyl (C=O) groups excluding carboxylic acids is 14. The zero-order valence-corrected chi connectivity index (χ0v) is 64.7. The number of hydrogen-bond donors (Lipinski definition) is 23. The zero-order valence-electron chi connectivity index (χ0n) is 63.1. The van der Waals surface area contributed by atoms with Gasteiger partial charge in [0.05, 0.1) is 31.1 Å². The standard InChI is InChI=1S/C71H99N21O19S2/c1-8-34(4)57(82-37(7)94)69(109)90-52-31-113-112-30-51(67(107)92-58(36(6)93)70(110)111)89-61(101)45(18-13-21-76-71(73)74)83-64(104)49(24-40-28-75-32-80-40)85-59(99)35(5)81-54(96)29-79-60(100)47(22-38-26-77-43-16-11-9-14-41(38)43)86-65(105)50(25-55(97)98)87-62(102)46(19-20-53(72)95)84-63(103)48(88-68(108)56(33(2)3)91-66(52)106)23-39-27-78-44-17-12-10-15-42(39)44/h9-12,14-17,26-28,32-36,45-52,56-58,77-78,93H,8,13,18-25,29-31H2,1-7H3,(H2,72,95)(H,75,80)(H,79,100)(H,81,96)(H,82,94)(H,83,104)(H,84,103)(H,85,99)(H,86,105)(H,87,102)(H,88,108)(H,89,101)(H,90,109)(H,91,106)(H,92,107)(H,97,98)(H,110,111)(H4,73,74,76)/t34-,35+,36-,45-,46-,47-,48-,49-,50-,51-,52-,56-,57-,58+/m0/s1. The Kier molecular flexibility index (Phi) is 34.8. The molecule has 0 bridgehead atoms. The third kappa shape index (κ3) is 28.2. The van der Waals surface area contributed by atoms with Gasteiger partial charge in [-0.1, -0.05) is 92.1 Å². The van der Waals surface area contributed by atoms with Crippen LogP contribution in [0.25, 0.3) is 21.8 Å². The number of nitrogens with zero attached hydrogens (tertiary/aromatic N) is 1. The number of para-hydroxylation sites is 2. The Morgan fingerprint density at radius 2 is 1.15 bits per heavy atom. The lowest BCUT2D eigenvalue weighted by atomic mass is 9.97. The Morgan fingerprint density at radius 3 is 1.70 bits per heavy atom. The summed E-state index contributed by atoms with van der Waals surface area (Å²) in [5.41, 5.74) is 13.3. The van der Waals surface area contributed by atoms with Gasteiger partial charge in [0.1, 0.15) is 66.5 Å². The van der Waals surface area contributed by atoms with E-state index in [0.29, 0.717) is 39.4 Å². The summed E-state index contributed by atoms with van der Waals surface area (Å²) in [6.45, 7) is 8.95. The van der Waals surface area contributed by atoms with Crippen LogP contribution in [0, 0.1) is 17.2 Å². The molecule has 25 N–H and O–H groups in total. The van der Waals surface area contributed by atoms with E-state index in [0.717, 1.165) is 28.5 Å². The smallest absolute Gasteiger partial charge is 0.328 e. The first-order chi connectivity index (χ1) is 53.5. The number of primary amides is 1. The minimum atomic E-state index is -2.06. The summed E-state index contributed by atoms with van der Waals surface area (Å²) >= 11 is 0. The average Bonchev–Trinajstić information content (AvgIpc) is 1.73. The van der Waals surface area contributed by atoms with Gasteiger partial charge in [0, 0.05) is 91.1 Å². The van der Waals surface area contributed by atoms with E-state index in [1.54, 1.807) is 68.6 Å². The number of aliphatic hydroxyl groups is 1. The maximum atomic E-state index is 15.1. The Morgan fingerprint density at radius 1 is 0.619 bits per heavy atom. The Balaban J connectivity index is 1.47. The second-order valence-electron chi connectivity index (χ2n) is 27.4. The second-order valence-corrected chi connectivity index (χ2v) is 30.0. The number of nitrogens with two attached hydrogens (primary N) is 2. The first kappa shape index (κ1) is 90.1. The fourth-order valence-electron chi connectivity index (χ4n) is 11.8. The molecule has 14 amide bonds. The van der Waals surface area contributed by atoms with Gasteiger partial charge in [-0.2, -0.15) is 0 Å². The summed E-state index contributed by atoms with van der Waals surface area (Å²) in [6, 6.07) is -6.66. The van der Waals surface area contributed by atoms with Gasteiger partial charge in [-0.3, -0.25) is 77.3 Å². The quantitative estimate of drug-likeness (QED) is 0.0114. The SMILES string of the molecule is CC[C@H](C)[C@H](NC(C)=O)C(=O)N[C@H]1CSSC[C@@H](C(=O)N[C@@H](C(=O)O)[C@H](C)O)NC(=O)[C@H](CCCNC(=N)N)NC(=O)[C@H](Cc2c[nH]cn2)NC(=O)[C@@H](C)NC(=O)CNC(=O)[C@H](Cc2c[nH]c3ccccc23)NC(=O)[C@H](CC(=O)O)NC(=O)[C@H](CCC(N)=O)NC(=O)[C@H](Cc2c[nH]c3ccccc23)NC(=O)[C@H](C(C)C)NC1=O. The molecule has 1 aliphatic rings. The van der Waals surface area contributed by atoms with Gasteiger partial charge in [-0.15, -0.1) is 0 Å². The lowest BCUT2D eigenvalue weighted by Gasteiger charge is -2.29. The van der Waals surface area contributed by atoms with Crippen LogP contribution >= 0.6 is 21.6 Å². The summed E-state index contributed by atoms with van der Waals surface area (Å²) in [7, 11) is 1.59. The number of H-pyrrole nitrogens is 3. The van der Waals surface area contributed by atoms with E-state index < -0.39 is 228 Å². The lowest BCUT2D eigenvalue weighted by Crippen LogP contribution is -2.61. The minimum Gasteiger partial charge on any atom is -0.481 e. The van der Waals surface area contributed by atoms with E-state index in [2.05, 4.69) is 94.4 Å². The molecule has 0 unspecified atom stereocenters. The Bertz CT molecular complexity index is 4250. The van der Waals surface area contributed by atoms with E-state index in [9.17, 15) is 77.6 Å². The maximum Gasteiger partial charge on any atom is 0.328 e. The molecule has 4 heterocycles. The molecule has 3 aromatic heterocycles. The largest absolute Gasteiger partial charge is 0.481 e. The first-order valence-corrected chi connectivity index (χ1v) is 38.7. The van der Waals surface area contributed by atoms with Gasteiger partial charge >= 0.3 is 11.9 Å². The molecule has 2 aromatic carbocycles. The number of imidazole rings is 1. The van der Waals surface area contributed by atoms with Gasteiger partial charge in [-0.25, -0.2) is 9.78 Å². The molecule has 42 heteroatoms. The van der Waals surface area contributed by atoms with Crippen molar-refractivity contribution in [3.63, 3.8) is 0 Å². The van der Waals surface area contributed by atoms with Crippen LogP contribution in [0.1, 0.15) is 104 Å². The summed E-state index contributed by atoms with van der Waals surface area (Å²) in [5, 5.41) is 74.6. The molecule has 1 aliphatic heterocycles. The number of aliphatic carboxylic acids is 2. The van der Waals surface area contributed by atoms with Gasteiger partial charge in [0.15, 0.2) is 12.0 Å². The molecule has 0 radical (unpaired) electrons. The van der Waals surface area contributed by atoms with Crippen molar-refractivity contribution in [3.05, 3.63) is 90.3 Å². The van der Waals surface area contributed by atoms with Crippen molar-refractivity contribution in [2.75, 3.05) is 24.6 Å². The molecular weight excluding hydrogens is 1520 g/mol. The number of carboxylic acids is 2. The van der Waals surface area contributed by atoms with Crippen LogP contribution in [0.3, 0.4) is 0 Å². The number of amides is 14. The monoisotopic (exact) mass is 1610 g/mol. The topological polar surface area (TPSA) is 638 Å². The number of aliphatic hydroxyl groups excluding tert-OH is 1. The third-order valence-electron chi connectivity index (χ3n) is 18.2. The van der Waals surface area contributed by atoms with Crippen molar-refractivity contribution < 1.29 is 92.0 Å². The Hall–Kier alpha value is -11.8. The van der Waals surface area contributed by atoms with Crippen LogP contribution < -0.4 is 85.9 Å². The molecule has 113 heavy (non-hydrogen) atoms. The number of carboxylic acid groups (broad SMARTS) is 2. The summed E-state index contributed by atoms with van der Waals surface area (Å²) in [5.74, 6) is -20.7. The van der Waals surface area contributed by atoms with Gasteiger partial charge in [0.2, 0.25) is 82.7 Å². The van der Waals surface area contributed by atoms with Crippen molar-refractivity contribution in [2.24, 2.45) is 23.3 Å². The zero-order chi connectivity index (χ0) is 83.3. The highest BCUT2D eigenvalue weighted by Gasteiger charge is 2.39. The molecule has 1 fully saturated rings. The Labute approximate surface area is 655 Å². The molecule has 14 atom stereocenters. The molecule has 1 saturated heterocycles. The van der Waals surface area contributed by atoms with E-state index in [1.165, 1.54) is 46.4 Å². The number of aromatic nitrogens is 4. The fourth-order valence-corrected chi connectivity index (χ4v) is 14.1. The van der Waals surface area contributed by atoms with E-state index >= 15 is 14.4 Å². The summed E-state index contributed by atoms with van der Waals surface area (Å²) in [4.78, 5) is 238. The third-order valence-corrected chi connectivity index (χ3v) is 20.6. The lowest BCUT2D eigenvalue weighted by molar-refractivity contribution is -0.145. The molecule has 0 aliphatic carbocycles. The van der Waals surface area contributed by atoms with Crippen LogP contribution in [0.5, 0.6) is 0 Å². The highest BCUT2D eigenvalue weighted by molar-refractivity contribution is 8.76. The van der Waals surface area contributed by atoms with Crippen LogP contribution in [-0.2, 0) is 96.0 Å². The molecule has 5 aromatic rings. The summed E-state index contributed by atoms with van der Waals surface area (Å²) < 4.78 is 0. The van der Waals surface area contributed by atoms with Crippen molar-refractivity contribution >= 4 is 144 Å². The predicted octanol–water partition coefficient (Wildman–Crippen LogP) is -4.06. The van der Waals surface area contributed by atoms with Crippen molar-refractivity contribution in [1.82, 2.24) is 94.4 Å². The molecule has 40 nitrogen and oxygen atoms in total. The molecule has 0 saturated carbocycles. The molecule has 0 spiro atoms. The van der Waals surface area contributed by atoms with Crippen molar-refractivity contribution in [1.29, 1.82) is 5.41 Å². The number of benzene rings is 2. The average molecular weight is 1610 g/mol. The summed E-state index contributed by atoms with van der Waals surface area (Å²) in [6.07, 6.45) is 0.607. The van der Waals surface area contributed by atoms with Crippen LogP contribution in [0.2, 0.25) is 0 Å². The second kappa shape index (κ2) is 43.7. The van der Waals surface area contributed by atoms with E-state index in [4.69, 9.17) is 16.9 Å². The van der Waals surface area contributed by atoms with Crippen LogP contribution in [0.15, 0.2) is 73.4 Å². The number of guanidine groups is 1. The number of aromatic amines is 3. The van der Waals surface area contributed by atoms with Crippen LogP contribution in [-0.4, -0.2) is 239 Å². The van der Waals surface area contributed by atoms with Gasteiger partial charge < -0.3 is 116 Å². The maximum absolute atomic E-state index is 15.1. The molecule has 614 valence electrons. The minimum absolute atomic E-state index is 0.0204. The predicted molar refractivity (Wildman–Crippen MR) is 412 cm³/mol. The number of rotatable bonds is 25. The molecule has 6 rings (SSSR count). The van der Waals surface area contributed by atoms with E-state index in [-0.39, 0.29) is 44.3 Å². The number of fused-ring (bicyclic) bond motifs is 2. The van der Waals surface area contributed by atoms with Crippen molar-refractivity contribution in [3.8, 4) is 0 Å². The van der Waals surface area contributed by atoms with Gasteiger partial charge in [0.25, 0.3) is 0 Å². The van der Waals surface area contributed by atoms with Crippen molar-refractivity contribution in [2.45, 2.75) is 185 Å². The number of nitrogens with one attached hydrogen (secondary N) is 18.